The van der Waals surface area contributed by atoms with Crippen molar-refractivity contribution in [3.8, 4) is 74.4 Å². The molecule has 0 saturated heterocycles. The van der Waals surface area contributed by atoms with Crippen LogP contribution in [-0.4, -0.2) is 24.5 Å². The zero-order valence-corrected chi connectivity index (χ0v) is 28.2. The molecule has 0 aliphatic carbocycles. The van der Waals surface area contributed by atoms with Crippen molar-refractivity contribution in [1.29, 1.82) is 10.5 Å². The molecule has 7 nitrogen and oxygen atoms in total. The summed E-state index contributed by atoms with van der Waals surface area (Å²) in [4.78, 5) is 19.9. The van der Waals surface area contributed by atoms with Crippen molar-refractivity contribution in [2.75, 3.05) is 0 Å². The molecule has 0 N–H and O–H groups in total. The maximum atomic E-state index is 9.64. The van der Waals surface area contributed by atoms with E-state index < -0.39 is 0 Å². The van der Waals surface area contributed by atoms with Crippen molar-refractivity contribution in [3.05, 3.63) is 175 Å². The first-order valence-electron chi connectivity index (χ1n) is 17.1. The predicted octanol–water partition coefficient (Wildman–Crippen LogP) is 10.4. The first kappa shape index (κ1) is 31.3. The summed E-state index contributed by atoms with van der Waals surface area (Å²) in [7, 11) is 0. The smallest absolute Gasteiger partial charge is 0.164 e. The van der Waals surface area contributed by atoms with Gasteiger partial charge < -0.3 is 4.57 Å². The molecule has 3 heterocycles. The number of nitrogens with zero attached hydrogens (tertiary/aromatic N) is 7. The molecular formula is C46H27N7. The van der Waals surface area contributed by atoms with Gasteiger partial charge in [0.15, 0.2) is 17.5 Å². The number of aromatic nitrogens is 5. The number of fused-ring (bicyclic) bond motifs is 3. The van der Waals surface area contributed by atoms with Crippen LogP contribution in [0.2, 0.25) is 0 Å². The van der Waals surface area contributed by atoms with E-state index in [1.54, 1.807) is 12.3 Å². The molecule has 9 rings (SSSR count). The average Bonchev–Trinajstić information content (AvgIpc) is 3.57. The zero-order chi connectivity index (χ0) is 35.7. The fourth-order valence-electron chi connectivity index (χ4n) is 6.88. The van der Waals surface area contributed by atoms with Crippen LogP contribution in [-0.2, 0) is 0 Å². The minimum atomic E-state index is 0.450. The van der Waals surface area contributed by atoms with Gasteiger partial charge in [0.25, 0.3) is 0 Å². The lowest BCUT2D eigenvalue weighted by Crippen LogP contribution is -2.02. The molecule has 0 aliphatic rings. The molecule has 3 aromatic heterocycles. The molecule has 0 bridgehead atoms. The van der Waals surface area contributed by atoms with Gasteiger partial charge in [0.1, 0.15) is 0 Å². The van der Waals surface area contributed by atoms with Crippen LogP contribution >= 0.6 is 0 Å². The van der Waals surface area contributed by atoms with E-state index in [0.717, 1.165) is 66.6 Å². The summed E-state index contributed by atoms with van der Waals surface area (Å²) in [6.07, 6.45) is 1.79. The van der Waals surface area contributed by atoms with Crippen molar-refractivity contribution in [2.24, 2.45) is 0 Å². The highest BCUT2D eigenvalue weighted by atomic mass is 15.0. The molecule has 0 atom stereocenters. The Balaban J connectivity index is 1.29. The first-order chi connectivity index (χ1) is 26.2. The second-order valence-electron chi connectivity index (χ2n) is 12.6. The number of para-hydroxylation sites is 1. The van der Waals surface area contributed by atoms with E-state index in [-0.39, 0.29) is 0 Å². The molecule has 0 spiro atoms. The van der Waals surface area contributed by atoms with E-state index in [2.05, 4.69) is 59.2 Å². The van der Waals surface area contributed by atoms with Crippen LogP contribution in [0.5, 0.6) is 0 Å². The number of nitriles is 2. The lowest BCUT2D eigenvalue weighted by Gasteiger charge is -2.15. The summed E-state index contributed by atoms with van der Waals surface area (Å²) in [5.74, 6) is 1.70. The van der Waals surface area contributed by atoms with Crippen LogP contribution in [0.15, 0.2) is 164 Å². The fraction of sp³-hybridized carbons (Fsp3) is 0. The third-order valence-electron chi connectivity index (χ3n) is 9.34. The molecule has 0 fully saturated rings. The van der Waals surface area contributed by atoms with E-state index in [4.69, 9.17) is 19.9 Å². The molecule has 9 aromatic rings. The molecule has 7 heteroatoms. The van der Waals surface area contributed by atoms with Gasteiger partial charge >= 0.3 is 0 Å². The molecule has 0 radical (unpaired) electrons. The SMILES string of the molecule is N#Cc1cc(C#N)cc(-c2ccc3c(c2)c2ccccc2n3-c2ccc(-c3ccccn3)c(-c3nc(-c4ccccc4)nc(-c4ccccc4)n3)c2)c1. The van der Waals surface area contributed by atoms with Gasteiger partial charge in [-0.15, -0.1) is 0 Å². The van der Waals surface area contributed by atoms with E-state index >= 15 is 0 Å². The zero-order valence-electron chi connectivity index (χ0n) is 28.2. The summed E-state index contributed by atoms with van der Waals surface area (Å²) < 4.78 is 2.25. The standard InChI is InChI=1S/C46H27N7/c47-28-30-23-31(29-48)25-35(24-30)34-18-21-43-39(26-34)38-15-7-8-17-42(38)53(43)36-19-20-37(41-16-9-10-22-49-41)40(27-36)46-51-44(32-11-3-1-4-12-32)50-45(52-46)33-13-5-2-6-14-33/h1-27H. The molecule has 246 valence electrons. The highest BCUT2D eigenvalue weighted by Gasteiger charge is 2.20. The van der Waals surface area contributed by atoms with Crippen molar-refractivity contribution in [1.82, 2.24) is 24.5 Å². The van der Waals surface area contributed by atoms with Gasteiger partial charge in [0.05, 0.1) is 40.0 Å². The van der Waals surface area contributed by atoms with Gasteiger partial charge in [-0.05, 0) is 77.9 Å². The minimum absolute atomic E-state index is 0.450. The number of rotatable bonds is 6. The first-order valence-corrected chi connectivity index (χ1v) is 17.1. The lowest BCUT2D eigenvalue weighted by molar-refractivity contribution is 1.07. The van der Waals surface area contributed by atoms with Gasteiger partial charge in [-0.2, -0.15) is 10.5 Å². The molecular weight excluding hydrogens is 651 g/mol. The highest BCUT2D eigenvalue weighted by Crippen LogP contribution is 2.38. The Morgan fingerprint density at radius 1 is 0.434 bits per heavy atom. The number of hydrogen-bond donors (Lipinski definition) is 0. The molecule has 0 aliphatic heterocycles. The van der Waals surface area contributed by atoms with Gasteiger partial charge in [-0.3, -0.25) is 4.98 Å². The maximum absolute atomic E-state index is 9.64. The third kappa shape index (κ3) is 5.75. The quantitative estimate of drug-likeness (QED) is 0.173. The topological polar surface area (TPSA) is 104 Å². The van der Waals surface area contributed by atoms with Crippen molar-refractivity contribution in [3.63, 3.8) is 0 Å². The summed E-state index contributed by atoms with van der Waals surface area (Å²) in [5.41, 5.74) is 9.92. The summed E-state index contributed by atoms with van der Waals surface area (Å²) >= 11 is 0. The van der Waals surface area contributed by atoms with E-state index in [1.807, 2.05) is 109 Å². The van der Waals surface area contributed by atoms with Crippen LogP contribution in [0.1, 0.15) is 11.1 Å². The van der Waals surface area contributed by atoms with E-state index in [1.165, 1.54) is 0 Å². The van der Waals surface area contributed by atoms with Crippen LogP contribution in [0.25, 0.3) is 84.0 Å². The highest BCUT2D eigenvalue weighted by molar-refractivity contribution is 6.10. The van der Waals surface area contributed by atoms with Crippen LogP contribution in [0.4, 0.5) is 0 Å². The Labute approximate surface area is 305 Å². The van der Waals surface area contributed by atoms with E-state index in [9.17, 15) is 10.5 Å². The fourth-order valence-corrected chi connectivity index (χ4v) is 6.88. The average molecular weight is 678 g/mol. The van der Waals surface area contributed by atoms with Crippen molar-refractivity contribution >= 4 is 21.8 Å². The summed E-state index contributed by atoms with van der Waals surface area (Å²) in [6.45, 7) is 0. The lowest BCUT2D eigenvalue weighted by atomic mass is 9.99. The molecule has 6 aromatic carbocycles. The number of benzene rings is 6. The molecule has 0 saturated carbocycles. The van der Waals surface area contributed by atoms with Crippen molar-refractivity contribution < 1.29 is 0 Å². The Hall–Kier alpha value is -7.74. The summed E-state index contributed by atoms with van der Waals surface area (Å²) in [5, 5.41) is 21.4. The molecule has 0 amide bonds. The Morgan fingerprint density at radius 2 is 1.06 bits per heavy atom. The molecule has 0 unspecified atom stereocenters. The second-order valence-corrected chi connectivity index (χ2v) is 12.6. The van der Waals surface area contributed by atoms with Gasteiger partial charge in [0.2, 0.25) is 0 Å². The van der Waals surface area contributed by atoms with Gasteiger partial charge in [-0.25, -0.2) is 15.0 Å². The number of hydrogen-bond acceptors (Lipinski definition) is 6. The van der Waals surface area contributed by atoms with Gasteiger partial charge in [-0.1, -0.05) is 91.0 Å². The molecule has 53 heavy (non-hydrogen) atoms. The van der Waals surface area contributed by atoms with Crippen LogP contribution in [0.3, 0.4) is 0 Å². The van der Waals surface area contributed by atoms with Crippen LogP contribution in [0, 0.1) is 22.7 Å². The minimum Gasteiger partial charge on any atom is -0.309 e. The van der Waals surface area contributed by atoms with Gasteiger partial charge in [0, 0.05) is 44.9 Å². The van der Waals surface area contributed by atoms with E-state index in [0.29, 0.717) is 28.6 Å². The predicted molar refractivity (Wildman–Crippen MR) is 209 cm³/mol. The van der Waals surface area contributed by atoms with Crippen LogP contribution < -0.4 is 0 Å². The monoisotopic (exact) mass is 677 g/mol. The Kier molecular flexibility index (Phi) is 7.78. The number of pyridine rings is 1. The third-order valence-corrected chi connectivity index (χ3v) is 9.34. The Bertz CT molecular complexity index is 2810. The van der Waals surface area contributed by atoms with Crippen molar-refractivity contribution in [2.45, 2.75) is 0 Å². The maximum Gasteiger partial charge on any atom is 0.164 e. The largest absolute Gasteiger partial charge is 0.309 e. The Morgan fingerprint density at radius 3 is 1.72 bits per heavy atom. The normalized spacial score (nSPS) is 11.0. The second kappa shape index (κ2) is 13.2. The summed E-state index contributed by atoms with van der Waals surface area (Å²) in [6, 6.07) is 56.4.